The zero-order valence-electron chi connectivity index (χ0n) is 13.3. The number of hydrogen-bond donors (Lipinski definition) is 0. The Morgan fingerprint density at radius 3 is 2.70 bits per heavy atom. The van der Waals surface area contributed by atoms with Gasteiger partial charge in [-0.25, -0.2) is 8.42 Å². The molecule has 2 aliphatic rings. The van der Waals surface area contributed by atoms with E-state index in [4.69, 9.17) is 0 Å². The van der Waals surface area contributed by atoms with E-state index in [1.807, 2.05) is 0 Å². The standard InChI is InChI=1S/C19H23NO2S/c21-23(22)12-10-15(14-23)13-20-11-4-9-19(20)18-8-3-6-16-5-1-2-7-17(16)18/h1-3,5-8,15,19H,4,9-14H2/t15-,19-/m0/s1. The van der Waals surface area contributed by atoms with Crippen molar-refractivity contribution in [1.82, 2.24) is 4.90 Å². The van der Waals surface area contributed by atoms with Gasteiger partial charge in [0.15, 0.2) is 9.84 Å². The summed E-state index contributed by atoms with van der Waals surface area (Å²) in [6.45, 7) is 2.01. The van der Waals surface area contributed by atoms with Gasteiger partial charge >= 0.3 is 0 Å². The lowest BCUT2D eigenvalue weighted by atomic mass is 9.96. The van der Waals surface area contributed by atoms with Crippen LogP contribution in [-0.2, 0) is 9.84 Å². The van der Waals surface area contributed by atoms with Crippen molar-refractivity contribution in [2.45, 2.75) is 25.3 Å². The van der Waals surface area contributed by atoms with Gasteiger partial charge in [-0.3, -0.25) is 4.90 Å². The Morgan fingerprint density at radius 2 is 1.87 bits per heavy atom. The smallest absolute Gasteiger partial charge is 0.150 e. The summed E-state index contributed by atoms with van der Waals surface area (Å²) in [7, 11) is -2.78. The maximum atomic E-state index is 11.7. The highest BCUT2D eigenvalue weighted by Gasteiger charge is 2.33. The van der Waals surface area contributed by atoms with Crippen LogP contribution in [0.3, 0.4) is 0 Å². The number of sulfone groups is 1. The monoisotopic (exact) mass is 329 g/mol. The summed E-state index contributed by atoms with van der Waals surface area (Å²) in [5, 5.41) is 2.63. The molecule has 4 heteroatoms. The lowest BCUT2D eigenvalue weighted by Crippen LogP contribution is -2.30. The molecule has 0 unspecified atom stereocenters. The van der Waals surface area contributed by atoms with Gasteiger partial charge in [0.05, 0.1) is 11.5 Å². The third-order valence-electron chi connectivity index (χ3n) is 5.37. The molecule has 2 heterocycles. The minimum absolute atomic E-state index is 0.315. The molecular weight excluding hydrogens is 306 g/mol. The number of nitrogens with zero attached hydrogens (tertiary/aromatic N) is 1. The molecule has 2 aliphatic heterocycles. The SMILES string of the molecule is O=S1(=O)CC[C@@H](CN2CCC[C@H]2c2cccc3ccccc23)C1. The number of rotatable bonds is 3. The highest BCUT2D eigenvalue weighted by atomic mass is 32.2. The van der Waals surface area contributed by atoms with E-state index in [0.29, 0.717) is 23.5 Å². The molecule has 122 valence electrons. The third-order valence-corrected chi connectivity index (χ3v) is 7.20. The van der Waals surface area contributed by atoms with E-state index < -0.39 is 9.84 Å². The summed E-state index contributed by atoms with van der Waals surface area (Å²) < 4.78 is 23.4. The van der Waals surface area contributed by atoms with Crippen LogP contribution in [-0.4, -0.2) is 37.9 Å². The zero-order chi connectivity index (χ0) is 15.9. The molecule has 0 saturated carbocycles. The second-order valence-electron chi connectivity index (χ2n) is 6.99. The number of fused-ring (bicyclic) bond motifs is 1. The minimum atomic E-state index is -2.78. The van der Waals surface area contributed by atoms with E-state index >= 15 is 0 Å². The maximum Gasteiger partial charge on any atom is 0.150 e. The quantitative estimate of drug-likeness (QED) is 0.866. The fourth-order valence-corrected chi connectivity index (χ4v) is 6.13. The lowest BCUT2D eigenvalue weighted by Gasteiger charge is -2.28. The highest BCUT2D eigenvalue weighted by molar-refractivity contribution is 7.91. The van der Waals surface area contributed by atoms with Crippen LogP contribution in [0.2, 0.25) is 0 Å². The van der Waals surface area contributed by atoms with Crippen LogP contribution >= 0.6 is 0 Å². The van der Waals surface area contributed by atoms with Crippen LogP contribution in [0.1, 0.15) is 30.9 Å². The first-order valence-corrected chi connectivity index (χ1v) is 10.4. The van der Waals surface area contributed by atoms with Crippen LogP contribution in [0, 0.1) is 5.92 Å². The molecule has 2 fully saturated rings. The molecule has 0 aromatic heterocycles. The summed E-state index contributed by atoms with van der Waals surface area (Å²) in [5.41, 5.74) is 1.40. The fraction of sp³-hybridized carbons (Fsp3) is 0.474. The molecule has 0 spiro atoms. The van der Waals surface area contributed by atoms with Gasteiger partial charge in [0.1, 0.15) is 0 Å². The average molecular weight is 329 g/mol. The van der Waals surface area contributed by atoms with Crippen molar-refractivity contribution in [3.8, 4) is 0 Å². The molecule has 3 nitrogen and oxygen atoms in total. The first kappa shape index (κ1) is 15.2. The summed E-state index contributed by atoms with van der Waals surface area (Å²) in [4.78, 5) is 2.52. The van der Waals surface area contributed by atoms with Crippen molar-refractivity contribution in [2.75, 3.05) is 24.6 Å². The lowest BCUT2D eigenvalue weighted by molar-refractivity contribution is 0.225. The first-order chi connectivity index (χ1) is 11.1. The average Bonchev–Trinajstić information content (AvgIpc) is 3.13. The van der Waals surface area contributed by atoms with E-state index in [1.54, 1.807) is 0 Å². The topological polar surface area (TPSA) is 37.4 Å². The van der Waals surface area contributed by atoms with Gasteiger partial charge in [0.2, 0.25) is 0 Å². The third kappa shape index (κ3) is 3.02. The fourth-order valence-electron chi connectivity index (χ4n) is 4.29. The van der Waals surface area contributed by atoms with Gasteiger partial charge < -0.3 is 0 Å². The van der Waals surface area contributed by atoms with Gasteiger partial charge in [-0.15, -0.1) is 0 Å². The van der Waals surface area contributed by atoms with Crippen molar-refractivity contribution in [1.29, 1.82) is 0 Å². The number of hydrogen-bond acceptors (Lipinski definition) is 3. The maximum absolute atomic E-state index is 11.7. The molecule has 2 aromatic carbocycles. The molecule has 2 saturated heterocycles. The Balaban J connectivity index is 1.60. The molecule has 4 rings (SSSR count). The summed E-state index contributed by atoms with van der Waals surface area (Å²) >= 11 is 0. The molecule has 0 N–H and O–H groups in total. The van der Waals surface area contributed by atoms with Crippen LogP contribution in [0.4, 0.5) is 0 Å². The summed E-state index contributed by atoms with van der Waals surface area (Å²) in [5.74, 6) is 1.08. The predicted octanol–water partition coefficient (Wildman–Crippen LogP) is 3.41. The Bertz CT molecular complexity index is 810. The van der Waals surface area contributed by atoms with Crippen molar-refractivity contribution < 1.29 is 8.42 Å². The molecule has 2 aromatic rings. The van der Waals surface area contributed by atoms with Crippen LogP contribution in [0.5, 0.6) is 0 Å². The van der Waals surface area contributed by atoms with Gasteiger partial charge in [-0.1, -0.05) is 42.5 Å². The van der Waals surface area contributed by atoms with Crippen LogP contribution in [0.25, 0.3) is 10.8 Å². The summed E-state index contributed by atoms with van der Waals surface area (Å²) in [6, 6.07) is 15.6. The molecular formula is C19H23NO2S. The van der Waals surface area contributed by atoms with E-state index in [0.717, 1.165) is 19.5 Å². The first-order valence-electron chi connectivity index (χ1n) is 8.54. The van der Waals surface area contributed by atoms with Crippen LogP contribution in [0.15, 0.2) is 42.5 Å². The van der Waals surface area contributed by atoms with Crippen molar-refractivity contribution in [3.63, 3.8) is 0 Å². The number of benzene rings is 2. The van der Waals surface area contributed by atoms with Crippen molar-refractivity contribution >= 4 is 20.6 Å². The highest BCUT2D eigenvalue weighted by Crippen LogP contribution is 2.37. The Labute approximate surface area is 138 Å². The van der Waals surface area contributed by atoms with Gasteiger partial charge in [0.25, 0.3) is 0 Å². The van der Waals surface area contributed by atoms with E-state index in [1.165, 1.54) is 29.2 Å². The summed E-state index contributed by atoms with van der Waals surface area (Å²) in [6.07, 6.45) is 3.21. The number of likely N-dealkylation sites (tertiary alicyclic amines) is 1. The molecule has 2 atom stereocenters. The van der Waals surface area contributed by atoms with E-state index in [2.05, 4.69) is 47.4 Å². The zero-order valence-corrected chi connectivity index (χ0v) is 14.1. The van der Waals surface area contributed by atoms with Crippen LogP contribution < -0.4 is 0 Å². The largest absolute Gasteiger partial charge is 0.296 e. The van der Waals surface area contributed by atoms with E-state index in [9.17, 15) is 8.42 Å². The Morgan fingerprint density at radius 1 is 1.04 bits per heavy atom. The van der Waals surface area contributed by atoms with Crippen molar-refractivity contribution in [3.05, 3.63) is 48.0 Å². The molecule has 23 heavy (non-hydrogen) atoms. The normalized spacial score (nSPS) is 27.7. The molecule has 0 amide bonds. The Hall–Kier alpha value is -1.39. The molecule has 0 radical (unpaired) electrons. The minimum Gasteiger partial charge on any atom is -0.296 e. The van der Waals surface area contributed by atoms with Gasteiger partial charge in [-0.2, -0.15) is 0 Å². The van der Waals surface area contributed by atoms with Gasteiger partial charge in [-0.05, 0) is 48.1 Å². The second kappa shape index (κ2) is 5.91. The Kier molecular flexibility index (Phi) is 3.90. The predicted molar refractivity (Wildman–Crippen MR) is 94.3 cm³/mol. The molecule has 0 bridgehead atoms. The molecule has 0 aliphatic carbocycles. The van der Waals surface area contributed by atoms with Gasteiger partial charge in [0, 0.05) is 12.6 Å². The van der Waals surface area contributed by atoms with E-state index in [-0.39, 0.29) is 0 Å². The van der Waals surface area contributed by atoms with Crippen molar-refractivity contribution in [2.24, 2.45) is 5.92 Å². The second-order valence-corrected chi connectivity index (χ2v) is 9.22.